The molecule has 10 heteroatoms. The van der Waals surface area contributed by atoms with E-state index >= 15 is 0 Å². The molecule has 1 fully saturated rings. The number of carbonyl (C=O) groups is 3. The van der Waals surface area contributed by atoms with Gasteiger partial charge in [0.05, 0.1) is 31.8 Å². The molecule has 5 atom stereocenters. The molecule has 0 bridgehead atoms. The number of methoxy groups -OCH3 is 1. The van der Waals surface area contributed by atoms with Gasteiger partial charge in [-0.15, -0.1) is 0 Å². The van der Waals surface area contributed by atoms with Crippen molar-refractivity contribution >= 4 is 18.1 Å². The highest BCUT2D eigenvalue weighted by Crippen LogP contribution is 2.51. The van der Waals surface area contributed by atoms with E-state index in [1.165, 1.54) is 13.2 Å². The lowest BCUT2D eigenvalue weighted by molar-refractivity contribution is -0.139. The number of aldehydes is 1. The van der Waals surface area contributed by atoms with E-state index in [2.05, 4.69) is 5.32 Å². The van der Waals surface area contributed by atoms with Gasteiger partial charge in [-0.2, -0.15) is 0 Å². The smallest absolute Gasteiger partial charge is 0.247 e. The van der Waals surface area contributed by atoms with E-state index in [0.29, 0.717) is 47.6 Å². The second kappa shape index (κ2) is 10.8. The van der Waals surface area contributed by atoms with Crippen LogP contribution in [-0.4, -0.2) is 91.0 Å². The monoisotopic (exact) mass is 488 g/mol. The number of aliphatic hydroxyl groups excluding tert-OH is 2. The van der Waals surface area contributed by atoms with E-state index in [1.807, 2.05) is 0 Å². The quantitative estimate of drug-likeness (QED) is 0.429. The molecule has 1 aromatic rings. The number of nitrogens with zero attached hydrogens (tertiary/aromatic N) is 1. The Kier molecular flexibility index (Phi) is 7.73. The van der Waals surface area contributed by atoms with Crippen LogP contribution in [-0.2, 0) is 14.3 Å². The zero-order valence-corrected chi connectivity index (χ0v) is 19.9. The second-order valence-electron chi connectivity index (χ2n) is 8.94. The molecule has 2 heterocycles. The third kappa shape index (κ3) is 4.78. The molecular weight excluding hydrogens is 456 g/mol. The van der Waals surface area contributed by atoms with Crippen LogP contribution in [0.1, 0.15) is 48.0 Å². The number of hydrogen-bond donors (Lipinski definition) is 3. The number of fused-ring (bicyclic) bond motifs is 3. The van der Waals surface area contributed by atoms with E-state index in [4.69, 9.17) is 14.2 Å². The van der Waals surface area contributed by atoms with Crippen molar-refractivity contribution in [3.8, 4) is 11.5 Å². The number of amides is 2. The fourth-order valence-electron chi connectivity index (χ4n) is 5.16. The van der Waals surface area contributed by atoms with Gasteiger partial charge in [0.1, 0.15) is 18.5 Å². The zero-order chi connectivity index (χ0) is 25.1. The van der Waals surface area contributed by atoms with Crippen molar-refractivity contribution in [2.75, 3.05) is 33.4 Å². The van der Waals surface area contributed by atoms with Crippen LogP contribution >= 0.6 is 0 Å². The first-order valence-corrected chi connectivity index (χ1v) is 12.0. The summed E-state index contributed by atoms with van der Waals surface area (Å²) >= 11 is 0. The van der Waals surface area contributed by atoms with E-state index in [1.54, 1.807) is 24.0 Å². The molecule has 0 radical (unpaired) electrons. The summed E-state index contributed by atoms with van der Waals surface area (Å²) in [7, 11) is 1.45. The third-order valence-electron chi connectivity index (χ3n) is 6.82. The summed E-state index contributed by atoms with van der Waals surface area (Å²) in [5.41, 5.74) is 1.19. The Balaban J connectivity index is 1.78. The first-order valence-electron chi connectivity index (χ1n) is 12.0. The standard InChI is InChI=1S/C25H32N2O8/c1-3-20(30)27(12-15-5-4-8-34-15)18-11-17(25(32)26-6-7-28)21-16-9-14(13-29)10-19(33-2)23(16)35-24(21)22(18)31/h9-11,13,15,18,21-22,24,28,31H,3-8,12H2,1-2H3,(H,26,32)/t15-,18-,21+,22+,24+/m1/s1. The fourth-order valence-corrected chi connectivity index (χ4v) is 5.16. The molecule has 2 aliphatic heterocycles. The van der Waals surface area contributed by atoms with Gasteiger partial charge in [-0.05, 0) is 31.1 Å². The molecule has 3 N–H and O–H groups in total. The number of hydrogen-bond acceptors (Lipinski definition) is 8. The Bertz CT molecular complexity index is 1000. The number of nitrogens with one attached hydrogen (secondary N) is 1. The van der Waals surface area contributed by atoms with Crippen LogP contribution < -0.4 is 14.8 Å². The molecule has 0 aromatic heterocycles. The van der Waals surface area contributed by atoms with Crippen molar-refractivity contribution in [1.82, 2.24) is 10.2 Å². The maximum atomic E-state index is 13.2. The largest absolute Gasteiger partial charge is 0.493 e. The molecule has 3 aliphatic rings. The Morgan fingerprint density at radius 1 is 1.34 bits per heavy atom. The molecule has 2 amide bonds. The molecule has 35 heavy (non-hydrogen) atoms. The van der Waals surface area contributed by atoms with Gasteiger partial charge in [0.15, 0.2) is 11.5 Å². The lowest BCUT2D eigenvalue weighted by Gasteiger charge is -2.41. The predicted molar refractivity (Wildman–Crippen MR) is 124 cm³/mol. The molecule has 1 saturated heterocycles. The van der Waals surface area contributed by atoms with Crippen LogP contribution in [0.5, 0.6) is 11.5 Å². The van der Waals surface area contributed by atoms with Crippen molar-refractivity contribution < 1.29 is 38.8 Å². The lowest BCUT2D eigenvalue weighted by Crippen LogP contribution is -2.57. The summed E-state index contributed by atoms with van der Waals surface area (Å²) in [6, 6.07) is 2.33. The van der Waals surface area contributed by atoms with Crippen molar-refractivity contribution in [3.05, 3.63) is 34.9 Å². The number of aliphatic hydroxyl groups is 2. The minimum absolute atomic E-state index is 0.0414. The van der Waals surface area contributed by atoms with Crippen LogP contribution in [0.4, 0.5) is 0 Å². The molecule has 190 valence electrons. The topological polar surface area (TPSA) is 135 Å². The van der Waals surface area contributed by atoms with Crippen LogP contribution in [0.15, 0.2) is 23.8 Å². The molecule has 4 rings (SSSR count). The number of ether oxygens (including phenoxy) is 3. The maximum Gasteiger partial charge on any atom is 0.247 e. The van der Waals surface area contributed by atoms with Gasteiger partial charge in [0.2, 0.25) is 11.8 Å². The van der Waals surface area contributed by atoms with Crippen molar-refractivity contribution in [3.63, 3.8) is 0 Å². The number of benzene rings is 1. The summed E-state index contributed by atoms with van der Waals surface area (Å²) in [6.45, 7) is 2.46. The van der Waals surface area contributed by atoms with Gasteiger partial charge in [-0.1, -0.05) is 6.92 Å². The minimum Gasteiger partial charge on any atom is -0.493 e. The van der Waals surface area contributed by atoms with Gasteiger partial charge in [-0.3, -0.25) is 14.4 Å². The first kappa shape index (κ1) is 25.2. The lowest BCUT2D eigenvalue weighted by atomic mass is 9.77. The Hall–Kier alpha value is -2.95. The number of carbonyl (C=O) groups excluding carboxylic acids is 3. The van der Waals surface area contributed by atoms with Gasteiger partial charge >= 0.3 is 0 Å². The van der Waals surface area contributed by atoms with Crippen molar-refractivity contribution in [1.29, 1.82) is 0 Å². The molecule has 0 spiro atoms. The summed E-state index contributed by atoms with van der Waals surface area (Å²) < 4.78 is 17.3. The molecule has 1 aliphatic carbocycles. The van der Waals surface area contributed by atoms with E-state index in [0.717, 1.165) is 12.8 Å². The zero-order valence-electron chi connectivity index (χ0n) is 19.9. The van der Waals surface area contributed by atoms with Crippen LogP contribution in [0, 0.1) is 0 Å². The third-order valence-corrected chi connectivity index (χ3v) is 6.82. The van der Waals surface area contributed by atoms with Crippen LogP contribution in [0.25, 0.3) is 0 Å². The summed E-state index contributed by atoms with van der Waals surface area (Å²) in [6.07, 6.45) is 2.04. The average molecular weight is 489 g/mol. The normalized spacial score (nSPS) is 26.7. The van der Waals surface area contributed by atoms with Crippen molar-refractivity contribution in [2.45, 2.75) is 56.5 Å². The van der Waals surface area contributed by atoms with Crippen LogP contribution in [0.3, 0.4) is 0 Å². The minimum atomic E-state index is -1.15. The molecule has 1 aromatic carbocycles. The van der Waals surface area contributed by atoms with Gasteiger partial charge < -0.3 is 34.6 Å². The summed E-state index contributed by atoms with van der Waals surface area (Å²) in [4.78, 5) is 39.3. The summed E-state index contributed by atoms with van der Waals surface area (Å²) in [5, 5.41) is 23.4. The first-order chi connectivity index (χ1) is 16.9. The van der Waals surface area contributed by atoms with Gasteiger partial charge in [0.25, 0.3) is 0 Å². The second-order valence-corrected chi connectivity index (χ2v) is 8.94. The average Bonchev–Trinajstić information content (AvgIpc) is 3.53. The highest BCUT2D eigenvalue weighted by molar-refractivity contribution is 5.96. The van der Waals surface area contributed by atoms with Crippen molar-refractivity contribution in [2.24, 2.45) is 0 Å². The molecule has 0 saturated carbocycles. The molecule has 10 nitrogen and oxygen atoms in total. The molecular formula is C25H32N2O8. The van der Waals surface area contributed by atoms with Gasteiger partial charge in [-0.25, -0.2) is 0 Å². The Morgan fingerprint density at radius 2 is 2.14 bits per heavy atom. The summed E-state index contributed by atoms with van der Waals surface area (Å²) in [5.74, 6) is -0.644. The highest BCUT2D eigenvalue weighted by atomic mass is 16.5. The van der Waals surface area contributed by atoms with E-state index in [-0.39, 0.29) is 31.6 Å². The van der Waals surface area contributed by atoms with E-state index < -0.39 is 30.1 Å². The highest BCUT2D eigenvalue weighted by Gasteiger charge is 2.51. The van der Waals surface area contributed by atoms with Crippen LogP contribution in [0.2, 0.25) is 0 Å². The Labute approximate surface area is 203 Å². The fraction of sp³-hybridized carbons (Fsp3) is 0.560. The van der Waals surface area contributed by atoms with E-state index in [9.17, 15) is 24.6 Å². The SMILES string of the molecule is CCC(=O)N(C[C@H]1CCCO1)[C@@H]1C=C(C(=O)NCCO)[C@@H]2c3cc(C=O)cc(OC)c3O[C@@H]2[C@H]1O. The maximum absolute atomic E-state index is 13.2. The molecule has 0 unspecified atom stereocenters. The number of rotatable bonds is 9. The van der Waals surface area contributed by atoms with Gasteiger partial charge in [0, 0.05) is 42.8 Å². The Morgan fingerprint density at radius 3 is 2.77 bits per heavy atom. The predicted octanol–water partition coefficient (Wildman–Crippen LogP) is 0.548.